The molecular weight excluding hydrogens is 937 g/mol. The zero-order valence-corrected chi connectivity index (χ0v) is 41.2. The maximum absolute atomic E-state index is 12.3. The summed E-state index contributed by atoms with van der Waals surface area (Å²) in [5.74, 6) is 0. The lowest BCUT2D eigenvalue weighted by molar-refractivity contribution is 1.14. The number of rotatable bonds is 6. The van der Waals surface area contributed by atoms with Gasteiger partial charge in [-0.25, -0.2) is 4.85 Å². The highest BCUT2D eigenvalue weighted by molar-refractivity contribution is 7.28. The normalized spacial score (nSPS) is 11.8. The first kappa shape index (κ1) is 42.2. The van der Waals surface area contributed by atoms with Gasteiger partial charge >= 0.3 is 0 Å². The Morgan fingerprint density at radius 3 is 1.20 bits per heavy atom. The monoisotopic (exact) mass is 974 g/mol. The second kappa shape index (κ2) is 16.5. The quantitative estimate of drug-likeness (QED) is 0.153. The van der Waals surface area contributed by atoms with E-state index in [-0.39, 0.29) is 0 Å². The Hall–Kier alpha value is -9.56. The van der Waals surface area contributed by atoms with Crippen LogP contribution in [0.25, 0.3) is 145 Å². The summed E-state index contributed by atoms with van der Waals surface area (Å²) in [6.45, 7) is 9.35. The summed E-state index contributed by atoms with van der Waals surface area (Å²) in [5, 5.41) is 21.3. The van der Waals surface area contributed by atoms with Gasteiger partial charge in [-0.3, -0.25) is 0 Å². The third-order valence-electron chi connectivity index (χ3n) is 15.0. The van der Waals surface area contributed by atoms with Crippen molar-refractivity contribution in [2.24, 2.45) is 0 Å². The van der Waals surface area contributed by atoms with Crippen LogP contribution in [0.15, 0.2) is 231 Å². The number of aromatic nitrogens is 2. The molecule has 11 aromatic carbocycles. The average Bonchev–Trinajstić information content (AvgIpc) is 4.24. The summed E-state index contributed by atoms with van der Waals surface area (Å²) >= 11 is 3.64. The van der Waals surface area contributed by atoms with Crippen molar-refractivity contribution in [3.63, 3.8) is 0 Å². The SMILES string of the molecule is [C-]#[N+]c1c(-c2ccccc2)c(C#N)c(-n2c3c(ccc4c5cccc(-c6ccccc6)c5sc43)c3ccc4c5cccc(-c6ccccc6)c5sc4c32)c(-c2ccccc2)c1-n1c2ccccc2c2ccccc21. The molecule has 0 spiro atoms. The van der Waals surface area contributed by atoms with Crippen molar-refractivity contribution in [1.82, 2.24) is 9.13 Å². The molecule has 342 valence electrons. The highest BCUT2D eigenvalue weighted by Gasteiger charge is 2.33. The molecule has 0 N–H and O–H groups in total. The van der Waals surface area contributed by atoms with E-state index in [0.717, 1.165) is 91.8 Å². The smallest absolute Gasteiger partial charge is 0.220 e. The average molecular weight is 975 g/mol. The first-order valence-corrected chi connectivity index (χ1v) is 26.3. The molecule has 0 unspecified atom stereocenters. The molecule has 0 aliphatic carbocycles. The third kappa shape index (κ3) is 5.99. The van der Waals surface area contributed by atoms with Crippen LogP contribution in [0.4, 0.5) is 5.69 Å². The van der Waals surface area contributed by atoms with Gasteiger partial charge in [0, 0.05) is 63.6 Å². The van der Waals surface area contributed by atoms with E-state index in [1.807, 2.05) is 59.1 Å². The number of para-hydroxylation sites is 2. The van der Waals surface area contributed by atoms with Crippen LogP contribution < -0.4 is 0 Å². The number of benzene rings is 11. The van der Waals surface area contributed by atoms with Gasteiger partial charge in [-0.2, -0.15) is 5.26 Å². The molecule has 74 heavy (non-hydrogen) atoms. The van der Waals surface area contributed by atoms with Crippen molar-refractivity contribution in [1.29, 1.82) is 5.26 Å². The third-order valence-corrected chi connectivity index (χ3v) is 17.5. The number of hydrogen-bond donors (Lipinski definition) is 0. The van der Waals surface area contributed by atoms with Gasteiger partial charge in [-0.1, -0.05) is 218 Å². The molecular formula is C68H38N4S2. The Balaban J connectivity index is 1.23. The van der Waals surface area contributed by atoms with Gasteiger partial charge < -0.3 is 9.13 Å². The molecule has 4 nitrogen and oxygen atoms in total. The highest BCUT2D eigenvalue weighted by atomic mass is 32.1. The number of fused-ring (bicyclic) bond motifs is 14. The highest BCUT2D eigenvalue weighted by Crippen LogP contribution is 2.55. The van der Waals surface area contributed by atoms with E-state index in [2.05, 4.69) is 214 Å². The second-order valence-corrected chi connectivity index (χ2v) is 20.9. The van der Waals surface area contributed by atoms with Gasteiger partial charge in [-0.05, 0) is 45.5 Å². The molecule has 0 amide bonds. The summed E-state index contributed by atoms with van der Waals surface area (Å²) in [5.41, 5.74) is 14.2. The Morgan fingerprint density at radius 2 is 0.743 bits per heavy atom. The minimum atomic E-state index is 0.418. The van der Waals surface area contributed by atoms with Gasteiger partial charge in [0.1, 0.15) is 6.07 Å². The Morgan fingerprint density at radius 1 is 0.351 bits per heavy atom. The molecule has 15 rings (SSSR count). The van der Waals surface area contributed by atoms with E-state index in [9.17, 15) is 11.8 Å². The summed E-state index contributed by atoms with van der Waals surface area (Å²) < 4.78 is 9.44. The van der Waals surface area contributed by atoms with Gasteiger partial charge in [0.2, 0.25) is 5.69 Å². The van der Waals surface area contributed by atoms with Crippen LogP contribution in [0.3, 0.4) is 0 Å². The lowest BCUT2D eigenvalue weighted by atomic mass is 9.88. The number of thiophene rings is 2. The molecule has 0 radical (unpaired) electrons. The molecule has 15 aromatic rings. The predicted molar refractivity (Wildman–Crippen MR) is 314 cm³/mol. The standard InChI is InChI=1S/C68H38N4S2/c1-70-60-58(43-24-10-4-11-25-43)55(40-69)61(59(44-26-12-5-13-27-44)64(60)71-56-34-16-14-28-47(56)48-29-15-17-35-57(48)71)72-62-49(36-38-53-51-32-18-30-45(65(51)73-67(53)62)41-20-6-2-7-21-41)50-37-39-54-52-33-19-31-46(42-22-8-3-9-23-42)66(52)74-68(54)63(50)72/h2-39H. The fourth-order valence-electron chi connectivity index (χ4n) is 11.9. The molecule has 0 aliphatic rings. The van der Waals surface area contributed by atoms with Gasteiger partial charge in [0.25, 0.3) is 0 Å². The summed E-state index contributed by atoms with van der Waals surface area (Å²) in [7, 11) is 0. The van der Waals surface area contributed by atoms with Crippen molar-refractivity contribution in [3.05, 3.63) is 248 Å². The lowest BCUT2D eigenvalue weighted by Gasteiger charge is -2.26. The molecule has 4 aromatic heterocycles. The van der Waals surface area contributed by atoms with Crippen LogP contribution in [0.1, 0.15) is 5.56 Å². The molecule has 0 saturated heterocycles. The Kier molecular flexibility index (Phi) is 9.40. The molecule has 0 saturated carbocycles. The van der Waals surface area contributed by atoms with E-state index < -0.39 is 0 Å². The van der Waals surface area contributed by atoms with Crippen LogP contribution in [-0.2, 0) is 0 Å². The van der Waals surface area contributed by atoms with Crippen molar-refractivity contribution >= 4 is 112 Å². The zero-order chi connectivity index (χ0) is 49.0. The Bertz CT molecular complexity index is 4670. The molecule has 0 fully saturated rings. The largest absolute Gasteiger partial charge is 0.318 e. The van der Waals surface area contributed by atoms with Crippen LogP contribution in [0, 0.1) is 17.9 Å². The minimum Gasteiger partial charge on any atom is -0.318 e. The summed E-state index contributed by atoms with van der Waals surface area (Å²) in [4.78, 5) is 4.57. The van der Waals surface area contributed by atoms with Crippen molar-refractivity contribution in [2.75, 3.05) is 0 Å². The molecule has 0 bridgehead atoms. The van der Waals surface area contributed by atoms with Gasteiger partial charge in [0.05, 0.1) is 55.0 Å². The van der Waals surface area contributed by atoms with Crippen molar-refractivity contribution < 1.29 is 0 Å². The van der Waals surface area contributed by atoms with Crippen LogP contribution in [-0.4, -0.2) is 9.13 Å². The number of hydrogen-bond acceptors (Lipinski definition) is 3. The van der Waals surface area contributed by atoms with Gasteiger partial charge in [-0.15, -0.1) is 22.7 Å². The molecule has 4 heterocycles. The summed E-state index contributed by atoms with van der Waals surface area (Å²) in [6, 6.07) is 84.3. The minimum absolute atomic E-state index is 0.418. The van der Waals surface area contributed by atoms with E-state index in [4.69, 9.17) is 0 Å². The van der Waals surface area contributed by atoms with Crippen LogP contribution in [0.5, 0.6) is 0 Å². The summed E-state index contributed by atoms with van der Waals surface area (Å²) in [6.07, 6.45) is 0. The zero-order valence-electron chi connectivity index (χ0n) is 39.5. The van der Waals surface area contributed by atoms with E-state index in [0.29, 0.717) is 16.8 Å². The van der Waals surface area contributed by atoms with E-state index >= 15 is 0 Å². The van der Waals surface area contributed by atoms with E-state index in [1.54, 1.807) is 0 Å². The fourth-order valence-corrected chi connectivity index (χ4v) is 14.6. The van der Waals surface area contributed by atoms with Crippen LogP contribution in [0.2, 0.25) is 0 Å². The fraction of sp³-hybridized carbons (Fsp3) is 0. The van der Waals surface area contributed by atoms with E-state index in [1.165, 1.54) is 42.4 Å². The first-order chi connectivity index (χ1) is 36.7. The molecule has 0 atom stereocenters. The van der Waals surface area contributed by atoms with Crippen molar-refractivity contribution in [2.45, 2.75) is 0 Å². The maximum atomic E-state index is 12.3. The number of nitrogens with zero attached hydrogens (tertiary/aromatic N) is 4. The maximum Gasteiger partial charge on any atom is 0.220 e. The molecule has 0 aliphatic heterocycles. The number of nitriles is 1. The van der Waals surface area contributed by atoms with Crippen molar-refractivity contribution in [3.8, 4) is 62.0 Å². The van der Waals surface area contributed by atoms with Crippen LogP contribution >= 0.6 is 22.7 Å². The first-order valence-electron chi connectivity index (χ1n) is 24.7. The lowest BCUT2D eigenvalue weighted by Crippen LogP contribution is -2.09. The Labute approximate surface area is 433 Å². The predicted octanol–water partition coefficient (Wildman–Crippen LogP) is 19.7. The second-order valence-electron chi connectivity index (χ2n) is 18.8. The molecule has 6 heteroatoms. The topological polar surface area (TPSA) is 38.0 Å². The van der Waals surface area contributed by atoms with Gasteiger partial charge in [0.15, 0.2) is 0 Å².